The van der Waals surface area contributed by atoms with Crippen LogP contribution < -0.4 is 42.0 Å². The molecule has 0 aromatic heterocycles. The number of nitrogens with one attached hydrogen (secondary N) is 4. The first-order valence-electron chi connectivity index (χ1n) is 22.8. The standard InChI is InChI=1S/C50H68N6O2SSi2/c1-49(2,3)60(43-19-11-7-12-20-43,44-21-13-8-14-22-44)57-35-39-27-31-55-33-29-41(53-47(55)51-39)37-59-38-42-30-34-56-32-28-40(52-48(56)54-42)36-58-61(50(4,5)6,45-23-15-9-16-24-45)46-25-17-10-18-26-46/h7-26,39-42H,27-38H2,1-6H3,(H2,51,52,53,54)/p+2/t39-,40-,41-,42-/m1/s1. The van der Waals surface area contributed by atoms with Gasteiger partial charge >= 0.3 is 11.9 Å². The fourth-order valence-electron chi connectivity index (χ4n) is 10.3. The van der Waals surface area contributed by atoms with Crippen molar-refractivity contribution in [1.29, 1.82) is 0 Å². The molecule has 4 aromatic rings. The van der Waals surface area contributed by atoms with Crippen LogP contribution in [0.2, 0.25) is 10.1 Å². The minimum absolute atomic E-state index is 0.0340. The molecule has 4 aliphatic heterocycles. The van der Waals surface area contributed by atoms with Crippen LogP contribution in [0.3, 0.4) is 0 Å². The summed E-state index contributed by atoms with van der Waals surface area (Å²) in [5.74, 6) is 4.58. The molecule has 0 aliphatic carbocycles. The molecule has 4 aromatic carbocycles. The molecule has 4 atom stereocenters. The lowest BCUT2D eigenvalue weighted by molar-refractivity contribution is -0.542. The van der Waals surface area contributed by atoms with Gasteiger partial charge in [0.15, 0.2) is 0 Å². The Bertz CT molecular complexity index is 1880. The van der Waals surface area contributed by atoms with Gasteiger partial charge in [-0.3, -0.25) is 30.4 Å². The summed E-state index contributed by atoms with van der Waals surface area (Å²) in [4.78, 5) is 0. The molecule has 4 heterocycles. The number of hydrogen-bond donors (Lipinski definition) is 4. The molecule has 8 rings (SSSR count). The minimum atomic E-state index is -2.59. The van der Waals surface area contributed by atoms with Crippen LogP contribution in [0.1, 0.15) is 67.2 Å². The maximum Gasteiger partial charge on any atom is 0.346 e. The van der Waals surface area contributed by atoms with E-state index in [9.17, 15) is 0 Å². The Morgan fingerprint density at radius 1 is 0.459 bits per heavy atom. The van der Waals surface area contributed by atoms with Crippen LogP contribution in [0.5, 0.6) is 0 Å². The van der Waals surface area contributed by atoms with E-state index in [4.69, 9.17) is 8.85 Å². The maximum atomic E-state index is 7.36. The molecule has 0 saturated heterocycles. The second-order valence-corrected chi connectivity index (χ2v) is 29.4. The summed E-state index contributed by atoms with van der Waals surface area (Å²) in [5, 5.41) is 21.0. The van der Waals surface area contributed by atoms with E-state index in [0.29, 0.717) is 25.3 Å². The van der Waals surface area contributed by atoms with E-state index in [1.165, 1.54) is 45.5 Å². The molecular weight excluding hydrogens is 805 g/mol. The largest absolute Gasteiger partial charge is 0.404 e. The molecule has 0 amide bonds. The summed E-state index contributed by atoms with van der Waals surface area (Å²) in [6.45, 7) is 19.9. The van der Waals surface area contributed by atoms with Gasteiger partial charge in [0.05, 0.1) is 63.6 Å². The van der Waals surface area contributed by atoms with E-state index in [1.807, 2.05) is 0 Å². The lowest BCUT2D eigenvalue weighted by Crippen LogP contribution is -2.68. The van der Waals surface area contributed by atoms with Gasteiger partial charge in [-0.05, 0) is 30.8 Å². The predicted octanol–water partition coefficient (Wildman–Crippen LogP) is 5.06. The first-order chi connectivity index (χ1) is 29.5. The number of hydrogen-bond acceptors (Lipinski definition) is 7. The van der Waals surface area contributed by atoms with Crippen molar-refractivity contribution < 1.29 is 18.0 Å². The molecule has 0 radical (unpaired) electrons. The van der Waals surface area contributed by atoms with Gasteiger partial charge in [0.1, 0.15) is 0 Å². The number of rotatable bonds is 14. The second-order valence-electron chi connectivity index (χ2n) is 19.7. The lowest BCUT2D eigenvalue weighted by atomic mass is 10.1. The number of guanidine groups is 2. The number of thioether (sulfide) groups is 1. The Hall–Kier alpha value is -3.88. The maximum absolute atomic E-state index is 7.36. The third kappa shape index (κ3) is 9.42. The summed E-state index contributed by atoms with van der Waals surface area (Å²) in [5.41, 5.74) is 0. The zero-order valence-corrected chi connectivity index (χ0v) is 40.3. The first-order valence-corrected chi connectivity index (χ1v) is 27.8. The highest BCUT2D eigenvalue weighted by Gasteiger charge is 2.52. The monoisotopic (exact) mass is 874 g/mol. The fourth-order valence-corrected chi connectivity index (χ4v) is 20.7. The van der Waals surface area contributed by atoms with E-state index in [2.05, 4.69) is 205 Å². The Morgan fingerprint density at radius 2 is 0.738 bits per heavy atom. The molecule has 0 unspecified atom stereocenters. The Labute approximate surface area is 372 Å². The van der Waals surface area contributed by atoms with Gasteiger partial charge in [-0.25, -0.2) is 0 Å². The summed E-state index contributed by atoms with van der Waals surface area (Å²) in [7, 11) is -5.18. The minimum Gasteiger partial charge on any atom is -0.404 e. The summed E-state index contributed by atoms with van der Waals surface area (Å²) < 4.78 is 19.7. The molecule has 11 heteroatoms. The Balaban J connectivity index is 0.841. The van der Waals surface area contributed by atoms with Crippen molar-refractivity contribution in [3.8, 4) is 0 Å². The van der Waals surface area contributed by atoms with Crippen LogP contribution in [0, 0.1) is 0 Å². The van der Waals surface area contributed by atoms with E-state index >= 15 is 0 Å². The second kappa shape index (κ2) is 18.8. The number of nitrogens with zero attached hydrogens (tertiary/aromatic N) is 2. The molecule has 0 saturated carbocycles. The van der Waals surface area contributed by atoms with Crippen molar-refractivity contribution >= 4 is 61.1 Å². The van der Waals surface area contributed by atoms with Crippen molar-refractivity contribution in [3.63, 3.8) is 0 Å². The highest BCUT2D eigenvalue weighted by atomic mass is 32.2. The van der Waals surface area contributed by atoms with Crippen LogP contribution in [-0.2, 0) is 8.85 Å². The van der Waals surface area contributed by atoms with Gasteiger partial charge in [-0.15, -0.1) is 0 Å². The van der Waals surface area contributed by atoms with Crippen LogP contribution >= 0.6 is 11.8 Å². The van der Waals surface area contributed by atoms with Gasteiger partial charge in [0.2, 0.25) is 0 Å². The molecule has 61 heavy (non-hydrogen) atoms. The third-order valence-corrected chi connectivity index (χ3v) is 24.7. The molecule has 8 nitrogen and oxygen atoms in total. The van der Waals surface area contributed by atoms with Gasteiger partial charge < -0.3 is 8.85 Å². The van der Waals surface area contributed by atoms with E-state index in [0.717, 1.165) is 50.5 Å². The first kappa shape index (κ1) is 43.8. The molecule has 0 spiro atoms. The van der Waals surface area contributed by atoms with Crippen LogP contribution in [0.15, 0.2) is 121 Å². The van der Waals surface area contributed by atoms with Gasteiger partial charge in [-0.1, -0.05) is 163 Å². The topological polar surface area (TPSA) is 72.6 Å². The van der Waals surface area contributed by atoms with Crippen LogP contribution in [0.25, 0.3) is 0 Å². The quantitative estimate of drug-likeness (QED) is 0.105. The summed E-state index contributed by atoms with van der Waals surface area (Å²) >= 11 is 2.09. The third-order valence-electron chi connectivity index (χ3n) is 13.5. The summed E-state index contributed by atoms with van der Waals surface area (Å²) in [6, 6.07) is 45.5. The molecular formula is C50H70N6O2SSi2+2. The van der Waals surface area contributed by atoms with Crippen LogP contribution in [0.4, 0.5) is 0 Å². The van der Waals surface area contributed by atoms with Gasteiger partial charge in [-0.2, -0.15) is 11.8 Å². The average Bonchev–Trinajstić information content (AvgIpc) is 3.27. The highest BCUT2D eigenvalue weighted by Crippen LogP contribution is 2.38. The molecule has 324 valence electrons. The lowest BCUT2D eigenvalue weighted by Gasteiger charge is -2.44. The molecule has 0 fully saturated rings. The fraction of sp³-hybridized carbons (Fsp3) is 0.480. The van der Waals surface area contributed by atoms with Crippen molar-refractivity contribution in [2.24, 2.45) is 0 Å². The smallest absolute Gasteiger partial charge is 0.346 e. The van der Waals surface area contributed by atoms with Gasteiger partial charge in [0, 0.05) is 37.2 Å². The summed E-state index contributed by atoms with van der Waals surface area (Å²) in [6.07, 6.45) is 4.48. The molecule has 4 aliphatic rings. The molecule has 4 N–H and O–H groups in total. The van der Waals surface area contributed by atoms with Crippen molar-refractivity contribution in [3.05, 3.63) is 121 Å². The van der Waals surface area contributed by atoms with E-state index in [-0.39, 0.29) is 22.2 Å². The molecule has 0 bridgehead atoms. The predicted molar refractivity (Wildman–Crippen MR) is 261 cm³/mol. The number of benzene rings is 4. The zero-order chi connectivity index (χ0) is 42.5. The SMILES string of the molecule is CC(C)(C)[Si](OC[C@H]1CC[N+]2=C(N1)N[C@@H](CSC[C@H]1CC[N+]3=C(N[C@@H](CO[Si](c4ccccc4)(c4ccccc4)C(C)(C)C)CC3)N1)CC2)(c1ccccc1)c1ccccc1. The van der Waals surface area contributed by atoms with Gasteiger partial charge in [0.25, 0.3) is 16.6 Å². The van der Waals surface area contributed by atoms with Crippen molar-refractivity contribution in [2.45, 2.75) is 101 Å². The average molecular weight is 875 g/mol. The van der Waals surface area contributed by atoms with Crippen molar-refractivity contribution in [1.82, 2.24) is 21.3 Å². The van der Waals surface area contributed by atoms with E-state index in [1.54, 1.807) is 0 Å². The van der Waals surface area contributed by atoms with Crippen molar-refractivity contribution in [2.75, 3.05) is 50.9 Å². The normalized spacial score (nSPS) is 22.3. The Morgan fingerprint density at radius 3 is 1.03 bits per heavy atom. The highest BCUT2D eigenvalue weighted by molar-refractivity contribution is 7.99. The zero-order valence-electron chi connectivity index (χ0n) is 37.5. The Kier molecular flexibility index (Phi) is 13.5. The van der Waals surface area contributed by atoms with E-state index < -0.39 is 16.6 Å². The van der Waals surface area contributed by atoms with Crippen LogP contribution in [-0.4, -0.2) is 113 Å².